The Balaban J connectivity index is 1.57. The summed E-state index contributed by atoms with van der Waals surface area (Å²) >= 11 is 0. The van der Waals surface area contributed by atoms with Gasteiger partial charge in [-0.05, 0) is 24.3 Å². The van der Waals surface area contributed by atoms with Crippen molar-refractivity contribution < 1.29 is 9.53 Å². The Bertz CT molecular complexity index is 797. The molecule has 1 fully saturated rings. The molecule has 0 radical (unpaired) electrons. The summed E-state index contributed by atoms with van der Waals surface area (Å²) in [5, 5.41) is 15.1. The van der Waals surface area contributed by atoms with Crippen LogP contribution < -0.4 is 10.6 Å². The van der Waals surface area contributed by atoms with E-state index in [0.717, 1.165) is 39.4 Å². The highest BCUT2D eigenvalue weighted by Gasteiger charge is 2.11. The lowest BCUT2D eigenvalue weighted by Crippen LogP contribution is -2.39. The van der Waals surface area contributed by atoms with Gasteiger partial charge in [-0.25, -0.2) is 4.98 Å². The quantitative estimate of drug-likeness (QED) is 0.827. The van der Waals surface area contributed by atoms with Crippen molar-refractivity contribution in [2.45, 2.75) is 0 Å². The standard InChI is InChI=1S/C19H21N5O2/c20-14-16-3-1-2-4-17(16)23-19(25)15-5-6-21-18(13-15)22-7-8-24-9-11-26-12-10-24/h1-6,13H,7-12H2,(H,21,22)(H,23,25). The van der Waals surface area contributed by atoms with Gasteiger partial charge < -0.3 is 15.4 Å². The van der Waals surface area contributed by atoms with E-state index in [1.54, 1.807) is 42.6 Å². The number of pyridine rings is 1. The number of amides is 1. The van der Waals surface area contributed by atoms with E-state index in [0.29, 0.717) is 22.6 Å². The zero-order valence-corrected chi connectivity index (χ0v) is 14.4. The molecule has 7 nitrogen and oxygen atoms in total. The lowest BCUT2D eigenvalue weighted by molar-refractivity contribution is 0.0398. The summed E-state index contributed by atoms with van der Waals surface area (Å²) in [7, 11) is 0. The number of nitrogens with one attached hydrogen (secondary N) is 2. The van der Waals surface area contributed by atoms with Crippen LogP contribution in [-0.2, 0) is 4.74 Å². The number of anilines is 2. The topological polar surface area (TPSA) is 90.3 Å². The fourth-order valence-electron chi connectivity index (χ4n) is 2.72. The van der Waals surface area contributed by atoms with Crippen molar-refractivity contribution in [1.29, 1.82) is 5.26 Å². The van der Waals surface area contributed by atoms with E-state index in [9.17, 15) is 4.79 Å². The molecule has 3 rings (SSSR count). The second-order valence-corrected chi connectivity index (χ2v) is 5.92. The predicted octanol–water partition coefficient (Wildman–Crippen LogP) is 1.95. The second-order valence-electron chi connectivity index (χ2n) is 5.92. The third kappa shape index (κ3) is 4.79. The van der Waals surface area contributed by atoms with E-state index in [2.05, 4.69) is 26.6 Å². The average molecular weight is 351 g/mol. The molecule has 1 aliphatic heterocycles. The molecule has 0 bridgehead atoms. The summed E-state index contributed by atoms with van der Waals surface area (Å²) in [6, 6.07) is 12.3. The maximum atomic E-state index is 12.5. The fraction of sp³-hybridized carbons (Fsp3) is 0.316. The van der Waals surface area contributed by atoms with Crippen molar-refractivity contribution in [2.75, 3.05) is 50.0 Å². The van der Waals surface area contributed by atoms with Crippen LogP contribution in [0.3, 0.4) is 0 Å². The van der Waals surface area contributed by atoms with E-state index in [1.165, 1.54) is 0 Å². The van der Waals surface area contributed by atoms with Gasteiger partial charge in [-0.15, -0.1) is 0 Å². The van der Waals surface area contributed by atoms with Crippen molar-refractivity contribution in [3.05, 3.63) is 53.7 Å². The molecule has 0 atom stereocenters. The lowest BCUT2D eigenvalue weighted by atomic mass is 10.2. The molecule has 0 saturated carbocycles. The van der Waals surface area contributed by atoms with Crippen LogP contribution in [0, 0.1) is 11.3 Å². The van der Waals surface area contributed by atoms with Crippen molar-refractivity contribution in [1.82, 2.24) is 9.88 Å². The first-order valence-corrected chi connectivity index (χ1v) is 8.57. The maximum absolute atomic E-state index is 12.5. The van der Waals surface area contributed by atoms with E-state index in [1.807, 2.05) is 0 Å². The highest BCUT2D eigenvalue weighted by atomic mass is 16.5. The number of para-hydroxylation sites is 1. The summed E-state index contributed by atoms with van der Waals surface area (Å²) in [6.07, 6.45) is 1.60. The van der Waals surface area contributed by atoms with Gasteiger partial charge in [-0.3, -0.25) is 9.69 Å². The number of carbonyl (C=O) groups excluding carboxylic acids is 1. The Labute approximate surface area is 152 Å². The van der Waals surface area contributed by atoms with Gasteiger partial charge in [-0.1, -0.05) is 12.1 Å². The smallest absolute Gasteiger partial charge is 0.255 e. The van der Waals surface area contributed by atoms with E-state index < -0.39 is 0 Å². The minimum atomic E-state index is -0.272. The van der Waals surface area contributed by atoms with Crippen LogP contribution >= 0.6 is 0 Å². The van der Waals surface area contributed by atoms with Gasteiger partial charge in [0.15, 0.2) is 0 Å². The van der Waals surface area contributed by atoms with E-state index in [4.69, 9.17) is 10.00 Å². The van der Waals surface area contributed by atoms with Crippen LogP contribution in [0.15, 0.2) is 42.6 Å². The highest BCUT2D eigenvalue weighted by Crippen LogP contribution is 2.16. The lowest BCUT2D eigenvalue weighted by Gasteiger charge is -2.26. The third-order valence-corrected chi connectivity index (χ3v) is 4.16. The molecule has 2 N–H and O–H groups in total. The van der Waals surface area contributed by atoms with E-state index >= 15 is 0 Å². The summed E-state index contributed by atoms with van der Waals surface area (Å²) in [5.74, 6) is 0.380. The monoisotopic (exact) mass is 351 g/mol. The summed E-state index contributed by atoms with van der Waals surface area (Å²) in [6.45, 7) is 5.08. The van der Waals surface area contributed by atoms with E-state index in [-0.39, 0.29) is 5.91 Å². The summed E-state index contributed by atoms with van der Waals surface area (Å²) in [4.78, 5) is 19.0. The molecule has 1 aromatic heterocycles. The zero-order valence-electron chi connectivity index (χ0n) is 14.4. The molecule has 0 unspecified atom stereocenters. The van der Waals surface area contributed by atoms with Gasteiger partial charge in [0.1, 0.15) is 11.9 Å². The van der Waals surface area contributed by atoms with Crippen molar-refractivity contribution in [3.63, 3.8) is 0 Å². The largest absolute Gasteiger partial charge is 0.379 e. The van der Waals surface area contributed by atoms with Gasteiger partial charge in [0, 0.05) is 37.9 Å². The minimum Gasteiger partial charge on any atom is -0.379 e. The maximum Gasteiger partial charge on any atom is 0.255 e. The molecule has 1 aliphatic rings. The van der Waals surface area contributed by atoms with Gasteiger partial charge >= 0.3 is 0 Å². The van der Waals surface area contributed by atoms with Crippen LogP contribution in [0.2, 0.25) is 0 Å². The Morgan fingerprint density at radius 2 is 2.08 bits per heavy atom. The molecule has 0 aliphatic carbocycles. The van der Waals surface area contributed by atoms with Gasteiger partial charge in [0.25, 0.3) is 5.91 Å². The molecule has 1 amide bonds. The fourth-order valence-corrected chi connectivity index (χ4v) is 2.72. The first-order valence-electron chi connectivity index (χ1n) is 8.57. The molecule has 2 aromatic rings. The van der Waals surface area contributed by atoms with Crippen molar-refractivity contribution >= 4 is 17.4 Å². The molecule has 26 heavy (non-hydrogen) atoms. The van der Waals surface area contributed by atoms with Crippen LogP contribution in [0.5, 0.6) is 0 Å². The number of hydrogen-bond donors (Lipinski definition) is 2. The number of aromatic nitrogens is 1. The first-order chi connectivity index (χ1) is 12.8. The van der Waals surface area contributed by atoms with Crippen molar-refractivity contribution in [3.8, 4) is 6.07 Å². The van der Waals surface area contributed by atoms with Gasteiger partial charge in [0.05, 0.1) is 24.5 Å². The molecular weight excluding hydrogens is 330 g/mol. The summed E-state index contributed by atoms with van der Waals surface area (Å²) < 4.78 is 5.33. The number of carbonyl (C=O) groups is 1. The SMILES string of the molecule is N#Cc1ccccc1NC(=O)c1ccnc(NCCN2CCOCC2)c1. The number of rotatable bonds is 6. The van der Waals surface area contributed by atoms with Crippen LogP contribution in [0.4, 0.5) is 11.5 Å². The van der Waals surface area contributed by atoms with Crippen LogP contribution in [0.1, 0.15) is 15.9 Å². The van der Waals surface area contributed by atoms with Gasteiger partial charge in [-0.2, -0.15) is 5.26 Å². The minimum absolute atomic E-state index is 0.272. The van der Waals surface area contributed by atoms with Crippen LogP contribution in [0.25, 0.3) is 0 Å². The third-order valence-electron chi connectivity index (χ3n) is 4.16. The Morgan fingerprint density at radius 3 is 2.88 bits per heavy atom. The molecule has 1 saturated heterocycles. The predicted molar refractivity (Wildman–Crippen MR) is 99.1 cm³/mol. The molecular formula is C19H21N5O2. The normalized spacial score (nSPS) is 14.4. The summed E-state index contributed by atoms with van der Waals surface area (Å²) in [5.41, 5.74) is 1.42. The number of benzene rings is 1. The highest BCUT2D eigenvalue weighted by molar-refractivity contribution is 6.05. The Morgan fingerprint density at radius 1 is 1.27 bits per heavy atom. The van der Waals surface area contributed by atoms with Crippen molar-refractivity contribution in [2.24, 2.45) is 0 Å². The molecule has 1 aromatic carbocycles. The second kappa shape index (κ2) is 8.94. The molecule has 134 valence electrons. The average Bonchev–Trinajstić information content (AvgIpc) is 2.69. The number of nitriles is 1. The zero-order chi connectivity index (χ0) is 18.2. The number of hydrogen-bond acceptors (Lipinski definition) is 6. The first kappa shape index (κ1) is 17.9. The number of nitrogens with zero attached hydrogens (tertiary/aromatic N) is 3. The molecule has 2 heterocycles. The number of morpholine rings is 1. The van der Waals surface area contributed by atoms with Gasteiger partial charge in [0.2, 0.25) is 0 Å². The Hall–Kier alpha value is -2.95. The Kier molecular flexibility index (Phi) is 6.14. The van der Waals surface area contributed by atoms with Crippen LogP contribution in [-0.4, -0.2) is 55.2 Å². The number of ether oxygens (including phenoxy) is 1. The molecule has 0 spiro atoms. The molecule has 7 heteroatoms.